The third kappa shape index (κ3) is 3.76. The molecule has 0 spiro atoms. The maximum Gasteiger partial charge on any atom is 0.323 e. The van der Waals surface area contributed by atoms with Gasteiger partial charge in [0.25, 0.3) is 5.91 Å². The van der Waals surface area contributed by atoms with Crippen LogP contribution in [-0.2, 0) is 9.53 Å². The highest BCUT2D eigenvalue weighted by molar-refractivity contribution is 5.99. The van der Waals surface area contributed by atoms with E-state index in [1.807, 2.05) is 6.07 Å². The number of carboxylic acid groups (broad SMARTS) is 1. The van der Waals surface area contributed by atoms with Gasteiger partial charge in [0, 0.05) is 30.8 Å². The van der Waals surface area contributed by atoms with Crippen LogP contribution in [0.2, 0.25) is 0 Å². The largest absolute Gasteiger partial charge is 0.480 e. The van der Waals surface area contributed by atoms with E-state index in [4.69, 9.17) is 9.84 Å². The fourth-order valence-corrected chi connectivity index (χ4v) is 2.01. The molecule has 1 N–H and O–H groups in total. The van der Waals surface area contributed by atoms with E-state index in [-0.39, 0.29) is 25.6 Å². The number of hydrogen-bond acceptors (Lipinski definition) is 4. The third-order valence-corrected chi connectivity index (χ3v) is 3.03. The summed E-state index contributed by atoms with van der Waals surface area (Å²) in [6.07, 6.45) is 1.68. The summed E-state index contributed by atoms with van der Waals surface area (Å²) in [4.78, 5) is 28.7. The molecule has 6 nitrogen and oxygen atoms in total. The number of carboxylic acids is 1. The number of aromatic nitrogens is 1. The molecule has 0 bridgehead atoms. The molecule has 0 saturated heterocycles. The van der Waals surface area contributed by atoms with Gasteiger partial charge in [-0.2, -0.15) is 0 Å². The number of carbonyl (C=O) groups is 2. The normalized spacial score (nSPS) is 10.5. The highest BCUT2D eigenvalue weighted by Gasteiger charge is 2.18. The van der Waals surface area contributed by atoms with Crippen LogP contribution in [0, 0.1) is 0 Å². The molecule has 0 aliphatic carbocycles. The maximum atomic E-state index is 12.4. The average molecular weight is 288 g/mol. The molecule has 0 saturated carbocycles. The van der Waals surface area contributed by atoms with E-state index in [0.29, 0.717) is 5.56 Å². The molecule has 21 heavy (non-hydrogen) atoms. The number of aliphatic carboxylic acids is 1. The molecule has 110 valence electrons. The lowest BCUT2D eigenvalue weighted by atomic mass is 10.1. The van der Waals surface area contributed by atoms with Gasteiger partial charge in [-0.1, -0.05) is 6.07 Å². The summed E-state index contributed by atoms with van der Waals surface area (Å²) in [5.41, 5.74) is 1.23. The van der Waals surface area contributed by atoms with Crippen molar-refractivity contribution in [3.05, 3.63) is 42.1 Å². The van der Waals surface area contributed by atoms with Crippen molar-refractivity contribution >= 4 is 22.8 Å². The predicted octanol–water partition coefficient (Wildman–Crippen LogP) is 1.41. The van der Waals surface area contributed by atoms with Gasteiger partial charge in [-0.05, 0) is 24.3 Å². The molecule has 1 amide bonds. The first kappa shape index (κ1) is 14.9. The molecule has 1 heterocycles. The van der Waals surface area contributed by atoms with Crippen molar-refractivity contribution in [2.45, 2.75) is 0 Å². The summed E-state index contributed by atoms with van der Waals surface area (Å²) in [6.45, 7) is 0.161. The Hall–Kier alpha value is -2.47. The Balaban J connectivity index is 2.26. The van der Waals surface area contributed by atoms with Crippen molar-refractivity contribution in [1.82, 2.24) is 9.88 Å². The van der Waals surface area contributed by atoms with E-state index in [1.165, 1.54) is 12.0 Å². The second-order valence-electron chi connectivity index (χ2n) is 4.52. The SMILES string of the molecule is COCCN(CC(=O)O)C(=O)c1ccc2ncccc2c1. The average Bonchev–Trinajstić information content (AvgIpc) is 2.50. The Bertz CT molecular complexity index is 657. The van der Waals surface area contributed by atoms with Gasteiger partial charge in [0.2, 0.25) is 0 Å². The van der Waals surface area contributed by atoms with Crippen molar-refractivity contribution in [3.8, 4) is 0 Å². The summed E-state index contributed by atoms with van der Waals surface area (Å²) < 4.78 is 4.91. The molecule has 0 aliphatic heterocycles. The van der Waals surface area contributed by atoms with Crippen LogP contribution in [0.15, 0.2) is 36.5 Å². The molecule has 0 atom stereocenters. The van der Waals surface area contributed by atoms with E-state index >= 15 is 0 Å². The van der Waals surface area contributed by atoms with Crippen LogP contribution in [0.5, 0.6) is 0 Å². The van der Waals surface area contributed by atoms with E-state index in [1.54, 1.807) is 30.5 Å². The fourth-order valence-electron chi connectivity index (χ4n) is 2.01. The Morgan fingerprint density at radius 2 is 2.14 bits per heavy atom. The second-order valence-corrected chi connectivity index (χ2v) is 4.52. The first-order valence-corrected chi connectivity index (χ1v) is 6.46. The minimum Gasteiger partial charge on any atom is -0.480 e. The highest BCUT2D eigenvalue weighted by Crippen LogP contribution is 2.15. The fraction of sp³-hybridized carbons (Fsp3) is 0.267. The number of pyridine rings is 1. The van der Waals surface area contributed by atoms with Crippen molar-refractivity contribution in [2.75, 3.05) is 26.8 Å². The molecule has 1 aromatic heterocycles. The predicted molar refractivity (Wildman–Crippen MR) is 77.2 cm³/mol. The van der Waals surface area contributed by atoms with E-state index in [0.717, 1.165) is 10.9 Å². The van der Waals surface area contributed by atoms with Gasteiger partial charge in [0.15, 0.2) is 0 Å². The standard InChI is InChI=1S/C15H16N2O4/c1-21-8-7-17(10-14(18)19)15(20)12-4-5-13-11(9-12)3-2-6-16-13/h2-6,9H,7-8,10H2,1H3,(H,18,19). The molecule has 6 heteroatoms. The minimum atomic E-state index is -1.05. The van der Waals surface area contributed by atoms with E-state index in [9.17, 15) is 9.59 Å². The number of benzene rings is 1. The zero-order valence-electron chi connectivity index (χ0n) is 11.7. The monoisotopic (exact) mass is 288 g/mol. The number of rotatable bonds is 6. The van der Waals surface area contributed by atoms with Gasteiger partial charge in [0.1, 0.15) is 6.54 Å². The third-order valence-electron chi connectivity index (χ3n) is 3.03. The van der Waals surface area contributed by atoms with Crippen molar-refractivity contribution in [2.24, 2.45) is 0 Å². The number of nitrogens with zero attached hydrogens (tertiary/aromatic N) is 2. The number of hydrogen-bond donors (Lipinski definition) is 1. The summed E-state index contributed by atoms with van der Waals surface area (Å²) in [5, 5.41) is 9.74. The summed E-state index contributed by atoms with van der Waals surface area (Å²) >= 11 is 0. The van der Waals surface area contributed by atoms with Gasteiger partial charge in [-0.15, -0.1) is 0 Å². The Kier molecular flexibility index (Phi) is 4.84. The second kappa shape index (κ2) is 6.81. The van der Waals surface area contributed by atoms with Crippen LogP contribution >= 0.6 is 0 Å². The number of methoxy groups -OCH3 is 1. The lowest BCUT2D eigenvalue weighted by molar-refractivity contribution is -0.137. The molecule has 1 aromatic carbocycles. The van der Waals surface area contributed by atoms with Gasteiger partial charge in [-0.3, -0.25) is 14.6 Å². The summed E-state index contributed by atoms with van der Waals surface area (Å²) in [7, 11) is 1.51. The molecule has 0 fully saturated rings. The topological polar surface area (TPSA) is 79.7 Å². The number of ether oxygens (including phenoxy) is 1. The molecule has 0 aliphatic rings. The van der Waals surface area contributed by atoms with Crippen molar-refractivity contribution in [1.29, 1.82) is 0 Å². The van der Waals surface area contributed by atoms with E-state index in [2.05, 4.69) is 4.98 Å². The van der Waals surface area contributed by atoms with Crippen LogP contribution in [-0.4, -0.2) is 53.7 Å². The summed E-state index contributed by atoms with van der Waals surface area (Å²) in [5.74, 6) is -1.39. The smallest absolute Gasteiger partial charge is 0.323 e. The summed E-state index contributed by atoms with van der Waals surface area (Å²) in [6, 6.07) is 8.76. The lowest BCUT2D eigenvalue weighted by Crippen LogP contribution is -2.38. The molecule has 0 radical (unpaired) electrons. The van der Waals surface area contributed by atoms with Crippen LogP contribution in [0.3, 0.4) is 0 Å². The number of fused-ring (bicyclic) bond motifs is 1. The quantitative estimate of drug-likeness (QED) is 0.869. The van der Waals surface area contributed by atoms with Crippen molar-refractivity contribution < 1.29 is 19.4 Å². The zero-order chi connectivity index (χ0) is 15.2. The molecule has 2 rings (SSSR count). The Morgan fingerprint density at radius 1 is 1.33 bits per heavy atom. The number of carbonyl (C=O) groups excluding carboxylic acids is 1. The zero-order valence-corrected chi connectivity index (χ0v) is 11.7. The van der Waals surface area contributed by atoms with Gasteiger partial charge in [0.05, 0.1) is 12.1 Å². The Labute approximate surface area is 122 Å². The van der Waals surface area contributed by atoms with Gasteiger partial charge >= 0.3 is 5.97 Å². The lowest BCUT2D eigenvalue weighted by Gasteiger charge is -2.20. The maximum absolute atomic E-state index is 12.4. The van der Waals surface area contributed by atoms with Crippen LogP contribution in [0.25, 0.3) is 10.9 Å². The van der Waals surface area contributed by atoms with E-state index < -0.39 is 5.97 Å². The molecular formula is C15H16N2O4. The highest BCUT2D eigenvalue weighted by atomic mass is 16.5. The molecule has 0 unspecified atom stereocenters. The minimum absolute atomic E-state index is 0.229. The molecule has 2 aromatic rings. The van der Waals surface area contributed by atoms with Gasteiger partial charge < -0.3 is 14.7 Å². The van der Waals surface area contributed by atoms with Crippen molar-refractivity contribution in [3.63, 3.8) is 0 Å². The Morgan fingerprint density at radius 3 is 2.86 bits per heavy atom. The van der Waals surface area contributed by atoms with Crippen LogP contribution in [0.1, 0.15) is 10.4 Å². The van der Waals surface area contributed by atoms with Gasteiger partial charge in [-0.25, -0.2) is 0 Å². The van der Waals surface area contributed by atoms with Crippen LogP contribution < -0.4 is 0 Å². The first-order chi connectivity index (χ1) is 10.1. The number of amides is 1. The first-order valence-electron chi connectivity index (χ1n) is 6.46. The molecular weight excluding hydrogens is 272 g/mol. The van der Waals surface area contributed by atoms with Crippen LogP contribution in [0.4, 0.5) is 0 Å².